The Kier molecular flexibility index (Phi) is 2.97. The predicted octanol–water partition coefficient (Wildman–Crippen LogP) is 2.68. The fourth-order valence-corrected chi connectivity index (χ4v) is 1.99. The van der Waals surface area contributed by atoms with Crippen LogP contribution in [-0.2, 0) is 4.79 Å². The Balaban J connectivity index is 2.09. The van der Waals surface area contributed by atoms with Crippen molar-refractivity contribution in [2.45, 2.75) is 13.3 Å². The molecule has 1 aliphatic rings. The summed E-state index contributed by atoms with van der Waals surface area (Å²) in [6.45, 7) is 1.96. The van der Waals surface area contributed by atoms with Gasteiger partial charge in [0.15, 0.2) is 0 Å². The fourth-order valence-electron chi connectivity index (χ4n) is 1.99. The van der Waals surface area contributed by atoms with Crippen LogP contribution in [0.1, 0.15) is 24.5 Å². The Morgan fingerprint density at radius 3 is 2.53 bits per heavy atom. The summed E-state index contributed by atoms with van der Waals surface area (Å²) in [5, 5.41) is 17.5. The van der Waals surface area contributed by atoms with Crippen molar-refractivity contribution in [3.63, 3.8) is 0 Å². The van der Waals surface area contributed by atoms with Crippen molar-refractivity contribution in [3.05, 3.63) is 41.0 Å². The number of hydrogen-bond acceptors (Lipinski definition) is 2. The van der Waals surface area contributed by atoms with Crippen molar-refractivity contribution in [2.24, 2.45) is 11.8 Å². The molecular formula is C14H13NO2. The molecule has 1 aliphatic carbocycles. The van der Waals surface area contributed by atoms with E-state index in [1.165, 1.54) is 0 Å². The van der Waals surface area contributed by atoms with Gasteiger partial charge in [0.25, 0.3) is 0 Å². The molecule has 0 amide bonds. The molecule has 2 unspecified atom stereocenters. The van der Waals surface area contributed by atoms with Crippen LogP contribution in [0.2, 0.25) is 0 Å². The number of benzene rings is 1. The van der Waals surface area contributed by atoms with Gasteiger partial charge < -0.3 is 5.11 Å². The lowest BCUT2D eigenvalue weighted by Gasteiger charge is -1.99. The Labute approximate surface area is 100 Å². The molecule has 0 spiro atoms. The van der Waals surface area contributed by atoms with Crippen LogP contribution >= 0.6 is 0 Å². The first kappa shape index (κ1) is 11.4. The van der Waals surface area contributed by atoms with Gasteiger partial charge in [-0.1, -0.05) is 23.8 Å². The standard InChI is InChI=1S/C14H13NO2/c1-9(12-7-13(12)14(16)17)6-10-2-4-11(8-15)5-3-10/h2-6,12-13H,7H2,1H3,(H,16,17)/b9-6+. The van der Waals surface area contributed by atoms with Gasteiger partial charge in [0.2, 0.25) is 0 Å². The molecule has 0 heterocycles. The number of allylic oxidation sites excluding steroid dienone is 1. The third-order valence-electron chi connectivity index (χ3n) is 3.13. The highest BCUT2D eigenvalue weighted by Gasteiger charge is 2.43. The number of rotatable bonds is 3. The Bertz CT molecular complexity index is 508. The average molecular weight is 227 g/mol. The van der Waals surface area contributed by atoms with E-state index in [0.29, 0.717) is 5.56 Å². The lowest BCUT2D eigenvalue weighted by Crippen LogP contribution is -1.99. The van der Waals surface area contributed by atoms with E-state index in [2.05, 4.69) is 6.07 Å². The zero-order chi connectivity index (χ0) is 12.4. The molecule has 1 aromatic rings. The summed E-state index contributed by atoms with van der Waals surface area (Å²) in [6, 6.07) is 9.35. The van der Waals surface area contributed by atoms with Gasteiger partial charge in [-0.2, -0.15) is 5.26 Å². The second-order valence-electron chi connectivity index (χ2n) is 4.41. The molecule has 86 valence electrons. The highest BCUT2D eigenvalue weighted by atomic mass is 16.4. The van der Waals surface area contributed by atoms with Crippen LogP contribution in [0.25, 0.3) is 6.08 Å². The number of carboxylic acid groups (broad SMARTS) is 1. The van der Waals surface area contributed by atoms with Gasteiger partial charge >= 0.3 is 5.97 Å². The SMILES string of the molecule is C/C(=C\c1ccc(C#N)cc1)C1CC1C(=O)O. The first-order valence-electron chi connectivity index (χ1n) is 5.53. The third kappa shape index (κ3) is 2.54. The van der Waals surface area contributed by atoms with Crippen LogP contribution < -0.4 is 0 Å². The summed E-state index contributed by atoms with van der Waals surface area (Å²) in [5.74, 6) is -0.727. The molecule has 1 N–H and O–H groups in total. The van der Waals surface area contributed by atoms with Gasteiger partial charge in [0.05, 0.1) is 17.6 Å². The molecule has 1 saturated carbocycles. The lowest BCUT2D eigenvalue weighted by molar-refractivity contribution is -0.138. The van der Waals surface area contributed by atoms with Gasteiger partial charge in [0.1, 0.15) is 0 Å². The first-order chi connectivity index (χ1) is 8.11. The summed E-state index contributed by atoms with van der Waals surface area (Å²) in [7, 11) is 0. The van der Waals surface area contributed by atoms with Crippen LogP contribution in [0.15, 0.2) is 29.8 Å². The minimum atomic E-state index is -0.706. The smallest absolute Gasteiger partial charge is 0.307 e. The third-order valence-corrected chi connectivity index (χ3v) is 3.13. The van der Waals surface area contributed by atoms with Gasteiger partial charge in [-0.3, -0.25) is 4.79 Å². The number of carboxylic acids is 1. The van der Waals surface area contributed by atoms with Gasteiger partial charge in [0, 0.05) is 0 Å². The number of aliphatic carboxylic acids is 1. The summed E-state index contributed by atoms with van der Waals surface area (Å²) >= 11 is 0. The first-order valence-corrected chi connectivity index (χ1v) is 5.53. The zero-order valence-corrected chi connectivity index (χ0v) is 9.55. The maximum absolute atomic E-state index is 10.7. The second-order valence-corrected chi connectivity index (χ2v) is 4.41. The van der Waals surface area contributed by atoms with Crippen LogP contribution in [0.4, 0.5) is 0 Å². The van der Waals surface area contributed by atoms with Crippen molar-refractivity contribution in [1.82, 2.24) is 0 Å². The minimum absolute atomic E-state index is 0.183. The number of nitrogens with zero attached hydrogens (tertiary/aromatic N) is 1. The summed E-state index contributed by atoms with van der Waals surface area (Å²) in [4.78, 5) is 10.7. The average Bonchev–Trinajstić information content (AvgIpc) is 3.10. The molecule has 0 aliphatic heterocycles. The Hall–Kier alpha value is -2.08. The Morgan fingerprint density at radius 1 is 1.41 bits per heavy atom. The topological polar surface area (TPSA) is 61.1 Å². The molecule has 0 radical (unpaired) electrons. The van der Waals surface area contributed by atoms with Crippen molar-refractivity contribution in [2.75, 3.05) is 0 Å². The van der Waals surface area contributed by atoms with E-state index in [-0.39, 0.29) is 11.8 Å². The van der Waals surface area contributed by atoms with Crippen LogP contribution in [0.3, 0.4) is 0 Å². The lowest BCUT2D eigenvalue weighted by atomic mass is 10.1. The second kappa shape index (κ2) is 4.42. The summed E-state index contributed by atoms with van der Waals surface area (Å²) in [5.41, 5.74) is 2.74. The van der Waals surface area contributed by atoms with Crippen molar-refractivity contribution >= 4 is 12.0 Å². The van der Waals surface area contributed by atoms with E-state index in [9.17, 15) is 4.79 Å². The molecule has 2 rings (SSSR count). The monoisotopic (exact) mass is 227 g/mol. The summed E-state index contributed by atoms with van der Waals surface area (Å²) < 4.78 is 0. The molecule has 17 heavy (non-hydrogen) atoms. The van der Waals surface area contributed by atoms with E-state index in [1.54, 1.807) is 12.1 Å². The van der Waals surface area contributed by atoms with Gasteiger partial charge in [-0.05, 0) is 37.0 Å². The van der Waals surface area contributed by atoms with Gasteiger partial charge in [-0.15, -0.1) is 0 Å². The molecule has 3 heteroatoms. The van der Waals surface area contributed by atoms with Crippen molar-refractivity contribution in [3.8, 4) is 6.07 Å². The number of hydrogen-bond donors (Lipinski definition) is 1. The molecule has 1 aromatic carbocycles. The van der Waals surface area contributed by atoms with E-state index in [4.69, 9.17) is 10.4 Å². The van der Waals surface area contributed by atoms with Crippen LogP contribution in [0.5, 0.6) is 0 Å². The molecule has 0 bridgehead atoms. The minimum Gasteiger partial charge on any atom is -0.481 e. The van der Waals surface area contributed by atoms with E-state index < -0.39 is 5.97 Å². The maximum atomic E-state index is 10.7. The van der Waals surface area contributed by atoms with E-state index in [1.807, 2.05) is 25.1 Å². The fraction of sp³-hybridized carbons (Fsp3) is 0.286. The molecule has 0 aromatic heterocycles. The Morgan fingerprint density at radius 2 is 2.06 bits per heavy atom. The summed E-state index contributed by atoms with van der Waals surface area (Å²) in [6.07, 6.45) is 2.74. The van der Waals surface area contributed by atoms with E-state index >= 15 is 0 Å². The zero-order valence-electron chi connectivity index (χ0n) is 9.55. The molecule has 0 saturated heterocycles. The van der Waals surface area contributed by atoms with Crippen LogP contribution in [0, 0.1) is 23.2 Å². The van der Waals surface area contributed by atoms with E-state index in [0.717, 1.165) is 17.6 Å². The van der Waals surface area contributed by atoms with Crippen molar-refractivity contribution < 1.29 is 9.90 Å². The highest BCUT2D eigenvalue weighted by molar-refractivity contribution is 5.75. The normalized spacial score (nSPS) is 22.9. The molecule has 2 atom stereocenters. The maximum Gasteiger partial charge on any atom is 0.307 e. The molecule has 3 nitrogen and oxygen atoms in total. The molecular weight excluding hydrogens is 214 g/mol. The van der Waals surface area contributed by atoms with Crippen molar-refractivity contribution in [1.29, 1.82) is 5.26 Å². The number of carbonyl (C=O) groups is 1. The van der Waals surface area contributed by atoms with Crippen LogP contribution in [-0.4, -0.2) is 11.1 Å². The molecule has 1 fully saturated rings. The number of nitriles is 1. The largest absolute Gasteiger partial charge is 0.481 e. The highest BCUT2D eigenvalue weighted by Crippen LogP contribution is 2.44. The van der Waals surface area contributed by atoms with Gasteiger partial charge in [-0.25, -0.2) is 0 Å². The predicted molar refractivity (Wildman–Crippen MR) is 64.0 cm³/mol. The quantitative estimate of drug-likeness (QED) is 0.863.